The summed E-state index contributed by atoms with van der Waals surface area (Å²) in [5.41, 5.74) is 24.8. The fourth-order valence-electron chi connectivity index (χ4n) is 4.61. The largest absolute Gasteiger partial charge is 0.494 e. The molecule has 41 heavy (non-hydrogen) atoms. The highest BCUT2D eigenvalue weighted by molar-refractivity contribution is 6.01. The summed E-state index contributed by atoms with van der Waals surface area (Å²) in [4.78, 5) is 24.7. The van der Waals surface area contributed by atoms with Gasteiger partial charge in [-0.1, -0.05) is 58.8 Å². The van der Waals surface area contributed by atoms with E-state index in [2.05, 4.69) is 30.9 Å². The van der Waals surface area contributed by atoms with Crippen LogP contribution in [0.4, 0.5) is 5.69 Å². The van der Waals surface area contributed by atoms with Crippen molar-refractivity contribution in [3.05, 3.63) is 116 Å². The Bertz CT molecular complexity index is 1500. The maximum Gasteiger partial charge on any atom is 0.266 e. The fourth-order valence-corrected chi connectivity index (χ4v) is 4.61. The second-order valence-corrected chi connectivity index (χ2v) is 9.08. The lowest BCUT2D eigenvalue weighted by molar-refractivity contribution is -0.129. The Kier molecular flexibility index (Phi) is 9.76. The molecule has 3 aromatic carbocycles. The van der Waals surface area contributed by atoms with Gasteiger partial charge in [0.25, 0.3) is 5.91 Å². The van der Waals surface area contributed by atoms with E-state index in [9.17, 15) is 10.3 Å². The van der Waals surface area contributed by atoms with E-state index in [-0.39, 0.29) is 25.5 Å². The predicted molar refractivity (Wildman–Crippen MR) is 152 cm³/mol. The van der Waals surface area contributed by atoms with Gasteiger partial charge in [-0.25, -0.2) is 10.4 Å². The highest BCUT2D eigenvalue weighted by Gasteiger charge is 2.54. The van der Waals surface area contributed by atoms with Crippen molar-refractivity contribution in [1.29, 1.82) is 0 Å². The topological polar surface area (TPSA) is 190 Å². The summed E-state index contributed by atoms with van der Waals surface area (Å²) in [6.45, 7) is 0.490. The van der Waals surface area contributed by atoms with Gasteiger partial charge in [0.15, 0.2) is 11.6 Å². The number of ether oxygens (including phenoxy) is 2. The van der Waals surface area contributed by atoms with Crippen LogP contribution in [-0.2, 0) is 22.5 Å². The van der Waals surface area contributed by atoms with Gasteiger partial charge in [0, 0.05) is 53.1 Å². The molecule has 1 heterocycles. The lowest BCUT2D eigenvalue weighted by atomic mass is 9.80. The van der Waals surface area contributed by atoms with Gasteiger partial charge in [0.05, 0.1) is 13.2 Å². The molecule has 0 saturated heterocycles. The van der Waals surface area contributed by atoms with Crippen LogP contribution in [0.3, 0.4) is 0 Å². The zero-order valence-corrected chi connectivity index (χ0v) is 22.3. The van der Waals surface area contributed by atoms with E-state index >= 15 is 0 Å². The number of azide groups is 2. The maximum atomic E-state index is 13.9. The molecule has 0 radical (unpaired) electrons. The lowest BCUT2D eigenvalue weighted by Gasteiger charge is -2.31. The molecule has 4 rings (SSSR count). The third-order valence-corrected chi connectivity index (χ3v) is 6.52. The average Bonchev–Trinajstić information content (AvgIpc) is 3.38. The number of amides is 1. The molecule has 3 N–H and O–H groups in total. The minimum Gasteiger partial charge on any atom is -0.494 e. The normalized spacial score (nSPS) is 17.4. The molecular weight excluding hydrogens is 526 g/mol. The van der Waals surface area contributed by atoms with Crippen molar-refractivity contribution in [2.24, 2.45) is 15.2 Å². The quantitative estimate of drug-likeness (QED) is 0.0882. The number of hydrazine groups is 1. The molecule has 210 valence electrons. The summed E-state index contributed by atoms with van der Waals surface area (Å²) in [5.74, 6) is 0.349. The van der Waals surface area contributed by atoms with Gasteiger partial charge >= 0.3 is 0 Å². The summed E-state index contributed by atoms with van der Waals surface area (Å²) in [6, 6.07) is 21.2. The van der Waals surface area contributed by atoms with Gasteiger partial charge in [0.1, 0.15) is 5.75 Å². The summed E-state index contributed by atoms with van der Waals surface area (Å²) in [6.07, 6.45) is -0.395. The third-order valence-electron chi connectivity index (χ3n) is 6.52. The molecule has 0 fully saturated rings. The first-order valence-corrected chi connectivity index (χ1v) is 12.9. The summed E-state index contributed by atoms with van der Waals surface area (Å²) >= 11 is 0. The molecule has 0 unspecified atom stereocenters. The Morgan fingerprint density at radius 2 is 1.80 bits per heavy atom. The van der Waals surface area contributed by atoms with Crippen LogP contribution >= 0.6 is 0 Å². The summed E-state index contributed by atoms with van der Waals surface area (Å²) in [5, 5.41) is 16.6. The van der Waals surface area contributed by atoms with E-state index in [0.717, 1.165) is 11.1 Å². The molecule has 13 heteroatoms. The minimum absolute atomic E-state index is 0.0319. The van der Waals surface area contributed by atoms with Crippen LogP contribution in [-0.4, -0.2) is 42.7 Å². The number of benzene rings is 3. The van der Waals surface area contributed by atoms with Crippen molar-refractivity contribution in [3.8, 4) is 5.75 Å². The lowest BCUT2D eigenvalue weighted by Crippen LogP contribution is -2.53. The molecule has 2 atom stereocenters. The highest BCUT2D eigenvalue weighted by Crippen LogP contribution is 2.45. The van der Waals surface area contributed by atoms with Crippen LogP contribution < -0.4 is 15.6 Å². The van der Waals surface area contributed by atoms with E-state index in [1.165, 1.54) is 0 Å². The molecule has 0 spiro atoms. The molecule has 1 amide bonds. The third kappa shape index (κ3) is 6.57. The number of aliphatic hydroxyl groups excluding tert-OH is 1. The Morgan fingerprint density at radius 1 is 1.07 bits per heavy atom. The standard InChI is InChI=1S/C28H29N9O4/c1-31-35-27(39)28(17-20-7-2-3-8-21(20)18-32-36-29)25(23-9-4-5-10-24(23)34-37-30)41-26(33-28)19-11-13-22(14-12-19)40-16-6-15-38/h2-5,7-14,25,31,38H,6,15-18H2,1H3,(H,35,39)/t25-,28-/m0/s1. The number of rotatable bonds is 13. The van der Waals surface area contributed by atoms with Crippen LogP contribution in [0.25, 0.3) is 20.9 Å². The first kappa shape index (κ1) is 28.9. The highest BCUT2D eigenvalue weighted by atomic mass is 16.5. The van der Waals surface area contributed by atoms with Crippen molar-refractivity contribution in [3.63, 3.8) is 0 Å². The zero-order chi connectivity index (χ0) is 29.1. The predicted octanol–water partition coefficient (Wildman–Crippen LogP) is 4.95. The maximum absolute atomic E-state index is 13.9. The van der Waals surface area contributed by atoms with Gasteiger partial charge in [-0.15, -0.1) is 0 Å². The Labute approximate surface area is 236 Å². The summed E-state index contributed by atoms with van der Waals surface area (Å²) < 4.78 is 12.1. The van der Waals surface area contributed by atoms with Crippen molar-refractivity contribution < 1.29 is 19.4 Å². The molecule has 0 bridgehead atoms. The number of hydrogen-bond donors (Lipinski definition) is 3. The molecule has 0 aliphatic carbocycles. The second kappa shape index (κ2) is 13.8. The number of nitrogens with one attached hydrogen (secondary N) is 2. The van der Waals surface area contributed by atoms with Gasteiger partial charge in [0.2, 0.25) is 5.90 Å². The van der Waals surface area contributed by atoms with Crippen LogP contribution in [0.1, 0.15) is 34.8 Å². The van der Waals surface area contributed by atoms with Crippen molar-refractivity contribution >= 4 is 17.5 Å². The second-order valence-electron chi connectivity index (χ2n) is 9.08. The number of aliphatic hydroxyl groups is 1. The molecule has 0 aromatic heterocycles. The minimum atomic E-state index is -1.55. The Balaban J connectivity index is 1.86. The number of hydrogen-bond acceptors (Lipinski definition) is 8. The van der Waals surface area contributed by atoms with E-state index in [1.54, 1.807) is 55.6 Å². The monoisotopic (exact) mass is 555 g/mol. The molecule has 0 saturated carbocycles. The smallest absolute Gasteiger partial charge is 0.266 e. The number of aliphatic imine (C=N–C) groups is 1. The van der Waals surface area contributed by atoms with E-state index in [0.29, 0.717) is 35.6 Å². The van der Waals surface area contributed by atoms with Gasteiger partial charge in [-0.2, -0.15) is 0 Å². The Morgan fingerprint density at radius 3 is 2.51 bits per heavy atom. The van der Waals surface area contributed by atoms with Crippen LogP contribution in [0.15, 0.2) is 88.0 Å². The average molecular weight is 556 g/mol. The van der Waals surface area contributed by atoms with E-state index in [1.807, 2.05) is 24.3 Å². The van der Waals surface area contributed by atoms with Gasteiger partial charge in [-0.3, -0.25) is 10.2 Å². The van der Waals surface area contributed by atoms with Crippen LogP contribution in [0, 0.1) is 0 Å². The summed E-state index contributed by atoms with van der Waals surface area (Å²) in [7, 11) is 1.57. The molecule has 1 aliphatic heterocycles. The number of carbonyl (C=O) groups is 1. The molecule has 3 aromatic rings. The van der Waals surface area contributed by atoms with Crippen molar-refractivity contribution in [1.82, 2.24) is 10.9 Å². The first-order valence-electron chi connectivity index (χ1n) is 12.9. The van der Waals surface area contributed by atoms with Crippen LogP contribution in [0.5, 0.6) is 5.75 Å². The van der Waals surface area contributed by atoms with Crippen LogP contribution in [0.2, 0.25) is 0 Å². The SMILES string of the molecule is CNNC(=O)[C@@]1(Cc2ccccc2CN=[N+]=[N-])N=C(c2ccc(OCCCO)cc2)O[C@H]1c1ccccc1N=[N+]=[N-]. The molecule has 1 aliphatic rings. The van der Waals surface area contributed by atoms with Gasteiger partial charge < -0.3 is 14.6 Å². The van der Waals surface area contributed by atoms with E-state index < -0.39 is 17.6 Å². The zero-order valence-electron chi connectivity index (χ0n) is 22.3. The van der Waals surface area contributed by atoms with E-state index in [4.69, 9.17) is 25.1 Å². The van der Waals surface area contributed by atoms with Gasteiger partial charge in [-0.05, 0) is 46.5 Å². The Hall–Kier alpha value is -5.06. The molecule has 13 nitrogen and oxygen atoms in total. The van der Waals surface area contributed by atoms with Crippen molar-refractivity contribution in [2.45, 2.75) is 31.0 Å². The number of nitrogens with zero attached hydrogens (tertiary/aromatic N) is 7. The fraction of sp³-hybridized carbons (Fsp3) is 0.286. The number of carbonyl (C=O) groups excluding carboxylic acids is 1. The molecular formula is C28H29N9O4. The van der Waals surface area contributed by atoms with Crippen molar-refractivity contribution in [2.75, 3.05) is 20.3 Å². The first-order chi connectivity index (χ1) is 20.1.